The number of nitrogens with zero attached hydrogens (tertiary/aromatic N) is 1. The quantitative estimate of drug-likeness (QED) is 0.354. The highest BCUT2D eigenvalue weighted by Crippen LogP contribution is 2.36. The van der Waals surface area contributed by atoms with Crippen LogP contribution in [0.4, 0.5) is 4.39 Å². The van der Waals surface area contributed by atoms with Crippen LogP contribution in [0.5, 0.6) is 5.75 Å². The fraction of sp³-hybridized carbons (Fsp3) is 0.290. The number of hydrogen-bond donors (Lipinski definition) is 0. The largest absolute Gasteiger partial charge is 0.497 e. The van der Waals surface area contributed by atoms with Crippen molar-refractivity contribution in [3.8, 4) is 5.75 Å². The number of methoxy groups -OCH3 is 1. The zero-order valence-electron chi connectivity index (χ0n) is 20.6. The van der Waals surface area contributed by atoms with Crippen LogP contribution >= 0.6 is 0 Å². The molecule has 36 heavy (non-hydrogen) atoms. The Balaban J connectivity index is 1.31. The van der Waals surface area contributed by atoms with Crippen LogP contribution in [-0.2, 0) is 21.7 Å². The van der Waals surface area contributed by atoms with Gasteiger partial charge in [-0.25, -0.2) is 4.39 Å². The third kappa shape index (κ3) is 5.53. The summed E-state index contributed by atoms with van der Waals surface area (Å²) in [5.41, 5.74) is 4.58. The molecular formula is C31H32FNO3. The minimum Gasteiger partial charge on any atom is -0.497 e. The van der Waals surface area contributed by atoms with Gasteiger partial charge in [-0.1, -0.05) is 60.7 Å². The highest BCUT2D eigenvalue weighted by atomic mass is 19.1. The van der Waals surface area contributed by atoms with Gasteiger partial charge < -0.3 is 19.1 Å². The Morgan fingerprint density at radius 2 is 1.67 bits per heavy atom. The number of hydrogen-bond acceptors (Lipinski definition) is 4. The van der Waals surface area contributed by atoms with E-state index in [1.54, 1.807) is 19.2 Å². The first-order chi connectivity index (χ1) is 17.6. The lowest BCUT2D eigenvalue weighted by molar-refractivity contribution is -0.172. The first-order valence-corrected chi connectivity index (χ1v) is 12.5. The van der Waals surface area contributed by atoms with Crippen LogP contribution < -0.4 is 4.74 Å². The molecule has 5 rings (SSSR count). The third-order valence-corrected chi connectivity index (χ3v) is 6.91. The molecule has 2 aliphatic heterocycles. The lowest BCUT2D eigenvalue weighted by Crippen LogP contribution is -2.35. The predicted molar refractivity (Wildman–Crippen MR) is 140 cm³/mol. The van der Waals surface area contributed by atoms with E-state index in [0.717, 1.165) is 30.7 Å². The topological polar surface area (TPSA) is 30.9 Å². The van der Waals surface area contributed by atoms with Crippen molar-refractivity contribution in [3.05, 3.63) is 120 Å². The molecule has 0 radical (unpaired) electrons. The van der Waals surface area contributed by atoms with Gasteiger partial charge in [-0.15, -0.1) is 0 Å². The van der Waals surface area contributed by atoms with Crippen molar-refractivity contribution < 1.29 is 18.6 Å². The summed E-state index contributed by atoms with van der Waals surface area (Å²) >= 11 is 0. The van der Waals surface area contributed by atoms with Crippen LogP contribution in [0, 0.1) is 5.82 Å². The van der Waals surface area contributed by atoms with Crippen molar-refractivity contribution in [2.75, 3.05) is 26.9 Å². The maximum absolute atomic E-state index is 13.5. The molecule has 1 fully saturated rings. The third-order valence-electron chi connectivity index (χ3n) is 6.91. The Hall–Kier alpha value is -3.41. The molecule has 0 saturated carbocycles. The first-order valence-electron chi connectivity index (χ1n) is 12.5. The molecule has 0 bridgehead atoms. The molecule has 0 aliphatic carbocycles. The summed E-state index contributed by atoms with van der Waals surface area (Å²) in [4.78, 5) is 2.39. The molecule has 2 heterocycles. The second kappa shape index (κ2) is 11.1. The summed E-state index contributed by atoms with van der Waals surface area (Å²) in [6.07, 6.45) is 9.22. The average molecular weight is 486 g/mol. The Labute approximate surface area is 212 Å². The molecule has 3 aromatic carbocycles. The molecule has 0 N–H and O–H groups in total. The molecule has 1 unspecified atom stereocenters. The van der Waals surface area contributed by atoms with Gasteiger partial charge in [0.25, 0.3) is 0 Å². The van der Waals surface area contributed by atoms with Crippen LogP contribution in [0.2, 0.25) is 0 Å². The van der Waals surface area contributed by atoms with E-state index in [0.29, 0.717) is 19.6 Å². The second-order valence-corrected chi connectivity index (χ2v) is 9.22. The minimum absolute atomic E-state index is 0.214. The molecule has 186 valence electrons. The fourth-order valence-electron chi connectivity index (χ4n) is 5.00. The van der Waals surface area contributed by atoms with E-state index in [1.165, 1.54) is 28.8 Å². The monoisotopic (exact) mass is 485 g/mol. The number of benzene rings is 3. The van der Waals surface area contributed by atoms with Crippen LogP contribution in [0.3, 0.4) is 0 Å². The van der Waals surface area contributed by atoms with Crippen LogP contribution in [0.25, 0.3) is 5.57 Å². The molecule has 3 aromatic rings. The van der Waals surface area contributed by atoms with Crippen molar-refractivity contribution in [1.29, 1.82) is 0 Å². The Morgan fingerprint density at radius 3 is 2.36 bits per heavy atom. The summed E-state index contributed by atoms with van der Waals surface area (Å²) in [5, 5.41) is 0. The standard InChI is InChI=1S/C31H32FNO3/c1-34-30-14-8-24(9-15-30)22-29-23-26(25-6-3-2-4-7-25)16-19-33(29)18-5-17-31(35-20-21-36-31)27-10-12-28(32)13-11-27/h2-4,6-16,19,23,29H,5,17-18,20-22H2,1H3. The normalized spacial score (nSPS) is 18.8. The maximum atomic E-state index is 13.5. The lowest BCUT2D eigenvalue weighted by atomic mass is 9.95. The zero-order valence-corrected chi connectivity index (χ0v) is 20.6. The van der Waals surface area contributed by atoms with Crippen molar-refractivity contribution in [1.82, 2.24) is 4.90 Å². The summed E-state index contributed by atoms with van der Waals surface area (Å²) in [7, 11) is 1.69. The molecule has 0 aromatic heterocycles. The van der Waals surface area contributed by atoms with Gasteiger partial charge in [0.1, 0.15) is 11.6 Å². The van der Waals surface area contributed by atoms with Crippen molar-refractivity contribution >= 4 is 5.57 Å². The van der Waals surface area contributed by atoms with Crippen LogP contribution in [0.1, 0.15) is 29.5 Å². The second-order valence-electron chi connectivity index (χ2n) is 9.22. The summed E-state index contributed by atoms with van der Waals surface area (Å²) in [5.74, 6) is -0.195. The van der Waals surface area contributed by atoms with Crippen LogP contribution in [0.15, 0.2) is 97.2 Å². The molecule has 0 amide bonds. The average Bonchev–Trinajstić information content (AvgIpc) is 3.41. The Morgan fingerprint density at radius 1 is 0.944 bits per heavy atom. The molecule has 1 atom stereocenters. The highest BCUT2D eigenvalue weighted by Gasteiger charge is 2.38. The van der Waals surface area contributed by atoms with E-state index in [4.69, 9.17) is 14.2 Å². The maximum Gasteiger partial charge on any atom is 0.195 e. The number of ether oxygens (including phenoxy) is 3. The summed E-state index contributed by atoms with van der Waals surface area (Å²) in [6.45, 7) is 1.94. The summed E-state index contributed by atoms with van der Waals surface area (Å²) in [6, 6.07) is 25.5. The number of halogens is 1. The van der Waals surface area contributed by atoms with E-state index < -0.39 is 5.79 Å². The zero-order chi connectivity index (χ0) is 24.8. The SMILES string of the molecule is COc1ccc(CC2C=C(c3ccccc3)C=CN2CCCC2(c3ccc(F)cc3)OCCO2)cc1. The van der Waals surface area contributed by atoms with Crippen molar-refractivity contribution in [3.63, 3.8) is 0 Å². The van der Waals surface area contributed by atoms with E-state index >= 15 is 0 Å². The van der Waals surface area contributed by atoms with Crippen molar-refractivity contribution in [2.24, 2.45) is 0 Å². The van der Waals surface area contributed by atoms with Gasteiger partial charge in [0.15, 0.2) is 5.79 Å². The van der Waals surface area contributed by atoms with E-state index in [2.05, 4.69) is 59.7 Å². The fourth-order valence-corrected chi connectivity index (χ4v) is 5.00. The minimum atomic E-state index is -0.802. The highest BCUT2D eigenvalue weighted by molar-refractivity contribution is 5.75. The van der Waals surface area contributed by atoms with E-state index in [1.807, 2.05) is 18.2 Å². The van der Waals surface area contributed by atoms with Crippen LogP contribution in [-0.4, -0.2) is 37.8 Å². The van der Waals surface area contributed by atoms with Gasteiger partial charge in [-0.05, 0) is 59.9 Å². The van der Waals surface area contributed by atoms with Gasteiger partial charge in [0.05, 0.1) is 26.4 Å². The van der Waals surface area contributed by atoms with Gasteiger partial charge >= 0.3 is 0 Å². The Bertz CT molecular complexity index is 1180. The molecular weight excluding hydrogens is 453 g/mol. The van der Waals surface area contributed by atoms with Gasteiger partial charge in [0, 0.05) is 24.7 Å². The molecule has 4 nitrogen and oxygen atoms in total. The molecule has 1 saturated heterocycles. The lowest BCUT2D eigenvalue weighted by Gasteiger charge is -2.34. The van der Waals surface area contributed by atoms with Crippen molar-refractivity contribution in [2.45, 2.75) is 31.1 Å². The van der Waals surface area contributed by atoms with E-state index in [-0.39, 0.29) is 11.9 Å². The molecule has 2 aliphatic rings. The Kier molecular flexibility index (Phi) is 7.49. The van der Waals surface area contributed by atoms with Gasteiger partial charge in [-0.2, -0.15) is 0 Å². The number of rotatable bonds is 9. The van der Waals surface area contributed by atoms with E-state index in [9.17, 15) is 4.39 Å². The van der Waals surface area contributed by atoms with Gasteiger partial charge in [0.2, 0.25) is 0 Å². The van der Waals surface area contributed by atoms with Gasteiger partial charge in [-0.3, -0.25) is 0 Å². The molecule has 5 heteroatoms. The molecule has 0 spiro atoms. The predicted octanol–water partition coefficient (Wildman–Crippen LogP) is 6.34. The summed E-state index contributed by atoms with van der Waals surface area (Å²) < 4.78 is 31.0. The smallest absolute Gasteiger partial charge is 0.195 e. The first kappa shape index (κ1) is 24.3. The number of allylic oxidation sites excluding steroid dienone is 2.